The van der Waals surface area contributed by atoms with Gasteiger partial charge < -0.3 is 10.4 Å². The second-order valence-electron chi connectivity index (χ2n) is 5.75. The van der Waals surface area contributed by atoms with Crippen molar-refractivity contribution in [3.05, 3.63) is 17.5 Å². The van der Waals surface area contributed by atoms with Crippen LogP contribution in [0.1, 0.15) is 50.9 Å². The van der Waals surface area contributed by atoms with E-state index >= 15 is 0 Å². The van der Waals surface area contributed by atoms with E-state index in [-0.39, 0.29) is 12.1 Å². The van der Waals surface area contributed by atoms with Gasteiger partial charge in [-0.3, -0.25) is 4.68 Å². The summed E-state index contributed by atoms with van der Waals surface area (Å²) < 4.78 is 2.07. The van der Waals surface area contributed by atoms with E-state index in [0.717, 1.165) is 44.5 Å². The minimum atomic E-state index is -0.134. The van der Waals surface area contributed by atoms with Gasteiger partial charge in [0.25, 0.3) is 0 Å². The average Bonchev–Trinajstić information content (AvgIpc) is 2.71. The Labute approximate surface area is 117 Å². The molecular weight excluding hydrogens is 238 g/mol. The van der Waals surface area contributed by atoms with E-state index < -0.39 is 0 Å². The van der Waals surface area contributed by atoms with Gasteiger partial charge in [-0.05, 0) is 59.1 Å². The molecule has 0 fully saturated rings. The third-order valence-electron chi connectivity index (χ3n) is 3.60. The Morgan fingerprint density at radius 1 is 1.37 bits per heavy atom. The number of rotatable bonds is 9. The molecule has 1 aromatic heterocycles. The molecule has 1 atom stereocenters. The molecule has 0 aliphatic carbocycles. The first-order valence-electron chi connectivity index (χ1n) is 7.37. The van der Waals surface area contributed by atoms with Gasteiger partial charge in [0.15, 0.2) is 0 Å². The van der Waals surface area contributed by atoms with Crippen molar-refractivity contribution in [2.24, 2.45) is 0 Å². The van der Waals surface area contributed by atoms with Crippen molar-refractivity contribution in [3.63, 3.8) is 0 Å². The maximum Gasteiger partial charge on any atom is 0.0610 e. The molecule has 0 saturated heterocycles. The van der Waals surface area contributed by atoms with Crippen LogP contribution in [0.5, 0.6) is 0 Å². The van der Waals surface area contributed by atoms with Crippen LogP contribution in [0, 0.1) is 13.8 Å². The number of aromatic nitrogens is 2. The molecular formula is C15H29N3O. The van der Waals surface area contributed by atoms with E-state index in [1.165, 1.54) is 5.69 Å². The van der Waals surface area contributed by atoms with Crippen LogP contribution in [0.2, 0.25) is 0 Å². The number of unbranched alkanes of at least 4 members (excludes halogenated alkanes) is 1. The smallest absolute Gasteiger partial charge is 0.0610 e. The zero-order valence-electron chi connectivity index (χ0n) is 12.9. The summed E-state index contributed by atoms with van der Waals surface area (Å²) >= 11 is 0. The Bertz CT molecular complexity index is 375. The van der Waals surface area contributed by atoms with Crippen molar-refractivity contribution in [2.75, 3.05) is 13.2 Å². The van der Waals surface area contributed by atoms with Crippen LogP contribution >= 0.6 is 0 Å². The zero-order chi connectivity index (χ0) is 14.3. The summed E-state index contributed by atoms with van der Waals surface area (Å²) in [5.74, 6) is 0. The summed E-state index contributed by atoms with van der Waals surface area (Å²) in [6.45, 7) is 10.5. The molecule has 0 aliphatic rings. The number of hydrogen-bond donors (Lipinski definition) is 2. The minimum Gasteiger partial charge on any atom is -0.394 e. The van der Waals surface area contributed by atoms with E-state index in [2.05, 4.69) is 41.9 Å². The first-order valence-corrected chi connectivity index (χ1v) is 7.37. The van der Waals surface area contributed by atoms with E-state index in [1.54, 1.807) is 0 Å². The molecule has 110 valence electrons. The van der Waals surface area contributed by atoms with Gasteiger partial charge in [-0.1, -0.05) is 6.92 Å². The highest BCUT2D eigenvalue weighted by Crippen LogP contribution is 2.14. The Hall–Kier alpha value is -0.870. The van der Waals surface area contributed by atoms with Crippen molar-refractivity contribution >= 4 is 0 Å². The molecule has 2 N–H and O–H groups in total. The largest absolute Gasteiger partial charge is 0.394 e. The molecule has 0 amide bonds. The Kier molecular flexibility index (Phi) is 6.52. The summed E-state index contributed by atoms with van der Waals surface area (Å²) in [5.41, 5.74) is 2.18. The summed E-state index contributed by atoms with van der Waals surface area (Å²) in [4.78, 5) is 0. The van der Waals surface area contributed by atoms with Crippen molar-refractivity contribution in [2.45, 2.75) is 65.5 Å². The lowest BCUT2D eigenvalue weighted by molar-refractivity contribution is 0.162. The normalized spacial score (nSPS) is 14.6. The van der Waals surface area contributed by atoms with E-state index in [4.69, 9.17) is 0 Å². The van der Waals surface area contributed by atoms with Gasteiger partial charge >= 0.3 is 0 Å². The number of aliphatic hydroxyl groups excluding tert-OH is 1. The van der Waals surface area contributed by atoms with E-state index in [1.807, 2.05) is 6.92 Å². The van der Waals surface area contributed by atoms with Crippen LogP contribution in [0.15, 0.2) is 6.07 Å². The second kappa shape index (κ2) is 7.65. The highest BCUT2D eigenvalue weighted by atomic mass is 16.3. The van der Waals surface area contributed by atoms with Crippen molar-refractivity contribution in [3.8, 4) is 0 Å². The lowest BCUT2D eigenvalue weighted by atomic mass is 9.95. The lowest BCUT2D eigenvalue weighted by Crippen LogP contribution is -2.46. The molecule has 0 radical (unpaired) electrons. The fourth-order valence-corrected chi connectivity index (χ4v) is 2.33. The summed E-state index contributed by atoms with van der Waals surface area (Å²) in [5, 5.41) is 17.4. The van der Waals surface area contributed by atoms with Gasteiger partial charge in [0.2, 0.25) is 0 Å². The Balaban J connectivity index is 2.31. The Morgan fingerprint density at radius 3 is 2.63 bits per heavy atom. The summed E-state index contributed by atoms with van der Waals surface area (Å²) in [6.07, 6.45) is 4.31. The molecule has 0 bridgehead atoms. The van der Waals surface area contributed by atoms with Crippen LogP contribution in [0.4, 0.5) is 0 Å². The average molecular weight is 267 g/mol. The van der Waals surface area contributed by atoms with Crippen LogP contribution in [0.25, 0.3) is 0 Å². The monoisotopic (exact) mass is 267 g/mol. The number of aliphatic hydroxyl groups is 1. The van der Waals surface area contributed by atoms with Gasteiger partial charge in [-0.2, -0.15) is 5.10 Å². The van der Waals surface area contributed by atoms with Crippen molar-refractivity contribution in [1.82, 2.24) is 15.1 Å². The topological polar surface area (TPSA) is 50.1 Å². The van der Waals surface area contributed by atoms with Gasteiger partial charge in [0.05, 0.1) is 12.3 Å². The molecule has 0 aromatic carbocycles. The predicted molar refractivity (Wildman–Crippen MR) is 79.3 cm³/mol. The van der Waals surface area contributed by atoms with E-state index in [0.29, 0.717) is 0 Å². The third-order valence-corrected chi connectivity index (χ3v) is 3.60. The Morgan fingerprint density at radius 2 is 2.11 bits per heavy atom. The molecule has 1 aromatic rings. The SMILES string of the molecule is CCCNC(C)(CO)CCCCn1nc(C)cc1C. The van der Waals surface area contributed by atoms with Gasteiger partial charge in [-0.25, -0.2) is 0 Å². The van der Waals surface area contributed by atoms with Crippen molar-refractivity contribution in [1.29, 1.82) is 0 Å². The quantitative estimate of drug-likeness (QED) is 0.676. The number of nitrogens with one attached hydrogen (secondary N) is 1. The minimum absolute atomic E-state index is 0.134. The zero-order valence-corrected chi connectivity index (χ0v) is 12.9. The highest BCUT2D eigenvalue weighted by molar-refractivity contribution is 5.06. The molecule has 4 heteroatoms. The van der Waals surface area contributed by atoms with Gasteiger partial charge in [-0.15, -0.1) is 0 Å². The molecule has 0 saturated carbocycles. The lowest BCUT2D eigenvalue weighted by Gasteiger charge is -2.28. The van der Waals surface area contributed by atoms with Crippen LogP contribution < -0.4 is 5.32 Å². The fourth-order valence-electron chi connectivity index (χ4n) is 2.33. The molecule has 19 heavy (non-hydrogen) atoms. The van der Waals surface area contributed by atoms with E-state index in [9.17, 15) is 5.11 Å². The number of aryl methyl sites for hydroxylation is 3. The molecule has 0 spiro atoms. The maximum absolute atomic E-state index is 9.50. The van der Waals surface area contributed by atoms with Gasteiger partial charge in [0, 0.05) is 17.8 Å². The van der Waals surface area contributed by atoms with Crippen molar-refractivity contribution < 1.29 is 5.11 Å². The third kappa shape index (κ3) is 5.33. The summed E-state index contributed by atoms with van der Waals surface area (Å²) in [7, 11) is 0. The van der Waals surface area contributed by atoms with Crippen LogP contribution in [-0.4, -0.2) is 33.6 Å². The van der Waals surface area contributed by atoms with Crippen LogP contribution in [-0.2, 0) is 6.54 Å². The summed E-state index contributed by atoms with van der Waals surface area (Å²) in [6, 6.07) is 2.11. The molecule has 1 unspecified atom stereocenters. The predicted octanol–water partition coefficient (Wildman–Crippen LogP) is 2.42. The molecule has 4 nitrogen and oxygen atoms in total. The standard InChI is InChI=1S/C15H29N3O/c1-5-9-16-15(4,12-19)8-6-7-10-18-14(3)11-13(2)17-18/h11,16,19H,5-10,12H2,1-4H3. The second-order valence-corrected chi connectivity index (χ2v) is 5.75. The maximum atomic E-state index is 9.50. The molecule has 0 aliphatic heterocycles. The highest BCUT2D eigenvalue weighted by Gasteiger charge is 2.21. The van der Waals surface area contributed by atoms with Crippen LogP contribution in [0.3, 0.4) is 0 Å². The fraction of sp³-hybridized carbons (Fsp3) is 0.800. The number of hydrogen-bond acceptors (Lipinski definition) is 3. The molecule has 1 heterocycles. The van der Waals surface area contributed by atoms with Gasteiger partial charge in [0.1, 0.15) is 0 Å². The first kappa shape index (κ1) is 16.2. The first-order chi connectivity index (χ1) is 9.00. The number of nitrogens with zero attached hydrogens (tertiary/aromatic N) is 2. The molecule has 1 rings (SSSR count).